The van der Waals surface area contributed by atoms with Crippen LogP contribution >= 0.6 is 0 Å². The number of benzene rings is 2. The van der Waals surface area contributed by atoms with E-state index in [0.717, 1.165) is 29.7 Å². The first-order valence-electron chi connectivity index (χ1n) is 8.61. The molecule has 26 heavy (non-hydrogen) atoms. The van der Waals surface area contributed by atoms with Gasteiger partial charge in [-0.2, -0.15) is 0 Å². The molecule has 4 rings (SSSR count). The zero-order valence-corrected chi connectivity index (χ0v) is 14.4. The Morgan fingerprint density at radius 1 is 1.12 bits per heavy atom. The van der Waals surface area contributed by atoms with Gasteiger partial charge in [-0.25, -0.2) is 9.78 Å². The molecule has 0 bridgehead atoms. The average molecular weight is 349 g/mol. The lowest BCUT2D eigenvalue weighted by atomic mass is 10.1. The van der Waals surface area contributed by atoms with E-state index in [9.17, 15) is 9.59 Å². The third kappa shape index (κ3) is 2.83. The number of para-hydroxylation sites is 2. The minimum absolute atomic E-state index is 0.0515. The molecule has 1 atom stereocenters. The predicted molar refractivity (Wildman–Crippen MR) is 96.9 cm³/mol. The lowest BCUT2D eigenvalue weighted by molar-refractivity contribution is 0.0599. The summed E-state index contributed by atoms with van der Waals surface area (Å²) in [7, 11) is 1.34. The van der Waals surface area contributed by atoms with Crippen molar-refractivity contribution in [3.05, 3.63) is 65.5 Å². The van der Waals surface area contributed by atoms with E-state index in [0.29, 0.717) is 17.7 Å². The molecular formula is C20H19N3O3. The van der Waals surface area contributed by atoms with Gasteiger partial charge in [0.25, 0.3) is 5.91 Å². The maximum absolute atomic E-state index is 13.0. The van der Waals surface area contributed by atoms with E-state index in [1.165, 1.54) is 7.11 Å². The summed E-state index contributed by atoms with van der Waals surface area (Å²) in [5.74, 6) is 0.359. The maximum atomic E-state index is 13.0. The number of esters is 1. The van der Waals surface area contributed by atoms with Crippen LogP contribution in [0.4, 0.5) is 0 Å². The molecule has 3 aromatic rings. The van der Waals surface area contributed by atoms with Crippen LogP contribution in [0.15, 0.2) is 48.5 Å². The number of hydrogen-bond acceptors (Lipinski definition) is 4. The van der Waals surface area contributed by atoms with Gasteiger partial charge in [0.1, 0.15) is 5.82 Å². The average Bonchev–Trinajstić information content (AvgIpc) is 3.33. The number of likely N-dealkylation sites (tertiary alicyclic amines) is 1. The Morgan fingerprint density at radius 3 is 2.58 bits per heavy atom. The van der Waals surface area contributed by atoms with E-state index in [4.69, 9.17) is 4.74 Å². The highest BCUT2D eigenvalue weighted by molar-refractivity contribution is 5.96. The third-order valence-electron chi connectivity index (χ3n) is 4.79. The molecule has 0 radical (unpaired) electrons. The molecule has 6 heteroatoms. The second-order valence-electron chi connectivity index (χ2n) is 6.36. The van der Waals surface area contributed by atoms with Gasteiger partial charge in [0.2, 0.25) is 0 Å². The van der Waals surface area contributed by atoms with E-state index in [-0.39, 0.29) is 11.9 Å². The van der Waals surface area contributed by atoms with Gasteiger partial charge in [0.15, 0.2) is 0 Å². The molecular weight excluding hydrogens is 330 g/mol. The van der Waals surface area contributed by atoms with Crippen molar-refractivity contribution in [3.8, 4) is 0 Å². The SMILES string of the molecule is COC(=O)c1ccc(C(=O)N2CCCC2c2nc3ccccc3[nH]2)cc1. The van der Waals surface area contributed by atoms with Gasteiger partial charge in [0, 0.05) is 12.1 Å². The Balaban J connectivity index is 1.59. The van der Waals surface area contributed by atoms with Gasteiger partial charge in [-0.3, -0.25) is 4.79 Å². The Kier molecular flexibility index (Phi) is 4.16. The summed E-state index contributed by atoms with van der Waals surface area (Å²) in [6, 6.07) is 14.4. The van der Waals surface area contributed by atoms with Crippen LogP contribution in [0.2, 0.25) is 0 Å². The highest BCUT2D eigenvalue weighted by atomic mass is 16.5. The molecule has 6 nitrogen and oxygen atoms in total. The van der Waals surface area contributed by atoms with Crippen molar-refractivity contribution in [3.63, 3.8) is 0 Å². The number of ether oxygens (including phenoxy) is 1. The number of hydrogen-bond donors (Lipinski definition) is 1. The number of carbonyl (C=O) groups excluding carboxylic acids is 2. The topological polar surface area (TPSA) is 75.3 Å². The molecule has 1 saturated heterocycles. The number of amides is 1. The first-order chi connectivity index (χ1) is 12.7. The standard InChI is InChI=1S/C20H19N3O3/c1-26-20(25)14-10-8-13(9-11-14)19(24)23-12-4-7-17(23)18-21-15-5-2-3-6-16(15)22-18/h2-3,5-6,8-11,17H,4,7,12H2,1H3,(H,21,22). The fraction of sp³-hybridized carbons (Fsp3) is 0.250. The van der Waals surface area contributed by atoms with Crippen molar-refractivity contribution in [1.29, 1.82) is 0 Å². The number of carbonyl (C=O) groups is 2. The van der Waals surface area contributed by atoms with Crippen molar-refractivity contribution < 1.29 is 14.3 Å². The van der Waals surface area contributed by atoms with Crippen LogP contribution in [-0.2, 0) is 4.74 Å². The zero-order valence-electron chi connectivity index (χ0n) is 14.4. The van der Waals surface area contributed by atoms with Crippen molar-refractivity contribution in [1.82, 2.24) is 14.9 Å². The Bertz CT molecular complexity index is 929. The van der Waals surface area contributed by atoms with E-state index in [1.807, 2.05) is 29.2 Å². The van der Waals surface area contributed by atoms with Crippen LogP contribution in [0.5, 0.6) is 0 Å². The second kappa shape index (κ2) is 6.63. The lowest BCUT2D eigenvalue weighted by Gasteiger charge is -2.23. The first-order valence-corrected chi connectivity index (χ1v) is 8.61. The third-order valence-corrected chi connectivity index (χ3v) is 4.79. The Morgan fingerprint density at radius 2 is 1.85 bits per heavy atom. The highest BCUT2D eigenvalue weighted by Crippen LogP contribution is 2.32. The van der Waals surface area contributed by atoms with Gasteiger partial charge in [-0.1, -0.05) is 12.1 Å². The molecule has 2 aromatic carbocycles. The predicted octanol–water partition coefficient (Wildman–Crippen LogP) is 3.33. The summed E-state index contributed by atoms with van der Waals surface area (Å²) in [6.07, 6.45) is 1.82. The number of aromatic nitrogens is 2. The number of fused-ring (bicyclic) bond motifs is 1. The summed E-state index contributed by atoms with van der Waals surface area (Å²) in [5.41, 5.74) is 2.87. The van der Waals surface area contributed by atoms with Crippen LogP contribution in [0.25, 0.3) is 11.0 Å². The summed E-state index contributed by atoms with van der Waals surface area (Å²) < 4.78 is 4.69. The second-order valence-corrected chi connectivity index (χ2v) is 6.36. The van der Waals surface area contributed by atoms with Gasteiger partial charge in [-0.15, -0.1) is 0 Å². The van der Waals surface area contributed by atoms with Crippen molar-refractivity contribution in [2.75, 3.05) is 13.7 Å². The molecule has 132 valence electrons. The molecule has 1 aromatic heterocycles. The molecule has 0 spiro atoms. The molecule has 1 fully saturated rings. The van der Waals surface area contributed by atoms with Gasteiger partial charge < -0.3 is 14.6 Å². The van der Waals surface area contributed by atoms with E-state index in [1.54, 1.807) is 24.3 Å². The number of nitrogens with zero attached hydrogens (tertiary/aromatic N) is 2. The Labute approximate surface area is 150 Å². The molecule has 1 unspecified atom stereocenters. The van der Waals surface area contributed by atoms with Crippen LogP contribution in [0.3, 0.4) is 0 Å². The lowest BCUT2D eigenvalue weighted by Crippen LogP contribution is -2.31. The monoisotopic (exact) mass is 349 g/mol. The molecule has 1 amide bonds. The van der Waals surface area contributed by atoms with Crippen LogP contribution in [0, 0.1) is 0 Å². The van der Waals surface area contributed by atoms with Crippen LogP contribution in [0.1, 0.15) is 45.4 Å². The molecule has 2 heterocycles. The minimum Gasteiger partial charge on any atom is -0.465 e. The van der Waals surface area contributed by atoms with Crippen molar-refractivity contribution >= 4 is 22.9 Å². The van der Waals surface area contributed by atoms with E-state index in [2.05, 4.69) is 9.97 Å². The summed E-state index contributed by atoms with van der Waals surface area (Å²) >= 11 is 0. The quantitative estimate of drug-likeness (QED) is 0.736. The van der Waals surface area contributed by atoms with Crippen molar-refractivity contribution in [2.24, 2.45) is 0 Å². The smallest absolute Gasteiger partial charge is 0.337 e. The molecule has 1 N–H and O–H groups in total. The molecule has 1 aliphatic rings. The number of aromatic amines is 1. The number of H-pyrrole nitrogens is 1. The molecule has 0 aliphatic carbocycles. The zero-order chi connectivity index (χ0) is 18.1. The minimum atomic E-state index is -0.412. The number of rotatable bonds is 3. The Hall–Kier alpha value is -3.15. The molecule has 1 aliphatic heterocycles. The van der Waals surface area contributed by atoms with Crippen LogP contribution in [-0.4, -0.2) is 40.4 Å². The normalized spacial score (nSPS) is 16.8. The summed E-state index contributed by atoms with van der Waals surface area (Å²) in [6.45, 7) is 0.694. The fourth-order valence-corrected chi connectivity index (χ4v) is 3.46. The van der Waals surface area contributed by atoms with Gasteiger partial charge in [-0.05, 0) is 49.2 Å². The summed E-state index contributed by atoms with van der Waals surface area (Å²) in [4.78, 5) is 34.4. The first kappa shape index (κ1) is 16.3. The van der Waals surface area contributed by atoms with E-state index < -0.39 is 5.97 Å². The number of nitrogens with one attached hydrogen (secondary N) is 1. The maximum Gasteiger partial charge on any atom is 0.337 e. The largest absolute Gasteiger partial charge is 0.465 e. The highest BCUT2D eigenvalue weighted by Gasteiger charge is 2.32. The van der Waals surface area contributed by atoms with Crippen molar-refractivity contribution in [2.45, 2.75) is 18.9 Å². The number of imidazole rings is 1. The number of methoxy groups -OCH3 is 1. The van der Waals surface area contributed by atoms with Gasteiger partial charge >= 0.3 is 5.97 Å². The van der Waals surface area contributed by atoms with Gasteiger partial charge in [0.05, 0.1) is 29.7 Å². The molecule has 0 saturated carbocycles. The fourth-order valence-electron chi connectivity index (χ4n) is 3.46. The summed E-state index contributed by atoms with van der Waals surface area (Å²) in [5, 5.41) is 0. The van der Waals surface area contributed by atoms with Crippen LogP contribution < -0.4 is 0 Å². The van der Waals surface area contributed by atoms with E-state index >= 15 is 0 Å².